The number of likely N-dealkylation sites (tertiary alicyclic amines) is 1. The number of hydrogen-bond donors (Lipinski definition) is 1. The normalized spacial score (nSPS) is 18.1. The van der Waals surface area contributed by atoms with Crippen LogP contribution in [0.15, 0.2) is 22.7 Å². The summed E-state index contributed by atoms with van der Waals surface area (Å²) in [6.07, 6.45) is 0.147. The lowest BCUT2D eigenvalue weighted by atomic mass is 10.1. The Morgan fingerprint density at radius 3 is 3.00 bits per heavy atom. The summed E-state index contributed by atoms with van der Waals surface area (Å²) in [5.41, 5.74) is 0.117. The number of rotatable bonds is 5. The number of carbonyl (C=O) groups is 2. The number of hydrogen-bond acceptors (Lipinski definition) is 3. The second-order valence-corrected chi connectivity index (χ2v) is 5.76. The molecule has 0 radical (unpaired) electrons. The van der Waals surface area contributed by atoms with Gasteiger partial charge in [0, 0.05) is 31.1 Å². The van der Waals surface area contributed by atoms with Crippen molar-refractivity contribution in [3.63, 3.8) is 0 Å². The quantitative estimate of drug-likeness (QED) is 0.875. The summed E-state index contributed by atoms with van der Waals surface area (Å²) in [6, 6.07) is 4.40. The van der Waals surface area contributed by atoms with E-state index in [1.54, 1.807) is 18.1 Å². The van der Waals surface area contributed by atoms with Crippen molar-refractivity contribution >= 4 is 33.4 Å². The van der Waals surface area contributed by atoms with Crippen molar-refractivity contribution in [2.45, 2.75) is 6.42 Å². The van der Waals surface area contributed by atoms with E-state index in [2.05, 4.69) is 21.2 Å². The number of halogens is 2. The molecule has 2 rings (SSSR count). The lowest BCUT2D eigenvalue weighted by molar-refractivity contribution is -0.128. The van der Waals surface area contributed by atoms with Crippen LogP contribution in [0.4, 0.5) is 10.1 Å². The largest absolute Gasteiger partial charge is 0.383 e. The Kier molecular flexibility index (Phi) is 5.30. The molecule has 0 aromatic heterocycles. The number of nitrogens with zero attached hydrogens (tertiary/aromatic N) is 1. The summed E-state index contributed by atoms with van der Waals surface area (Å²) in [5.74, 6) is -1.40. The lowest BCUT2D eigenvalue weighted by Crippen LogP contribution is -2.30. The van der Waals surface area contributed by atoms with Crippen LogP contribution < -0.4 is 5.32 Å². The van der Waals surface area contributed by atoms with E-state index in [1.165, 1.54) is 12.1 Å². The lowest BCUT2D eigenvalue weighted by Gasteiger charge is -2.16. The maximum absolute atomic E-state index is 13.7. The number of anilines is 1. The molecule has 1 saturated heterocycles. The highest BCUT2D eigenvalue weighted by atomic mass is 79.9. The zero-order valence-corrected chi connectivity index (χ0v) is 13.2. The van der Waals surface area contributed by atoms with E-state index in [4.69, 9.17) is 4.74 Å². The van der Waals surface area contributed by atoms with E-state index in [0.29, 0.717) is 24.2 Å². The third-order valence-electron chi connectivity index (χ3n) is 3.34. The Morgan fingerprint density at radius 1 is 1.57 bits per heavy atom. The van der Waals surface area contributed by atoms with Crippen molar-refractivity contribution in [3.8, 4) is 0 Å². The Bertz CT molecular complexity index is 553. The van der Waals surface area contributed by atoms with Gasteiger partial charge in [-0.25, -0.2) is 4.39 Å². The van der Waals surface area contributed by atoms with Gasteiger partial charge in [-0.3, -0.25) is 9.59 Å². The fourth-order valence-corrected chi connectivity index (χ4v) is 2.52. The molecule has 1 aliphatic heterocycles. The fraction of sp³-hybridized carbons (Fsp3) is 0.429. The molecular weight excluding hydrogens is 343 g/mol. The predicted octanol–water partition coefficient (Wildman–Crippen LogP) is 2.02. The second kappa shape index (κ2) is 7.00. The third kappa shape index (κ3) is 4.01. The van der Waals surface area contributed by atoms with Crippen LogP contribution in [0.1, 0.15) is 6.42 Å². The minimum absolute atomic E-state index is 0.0801. The molecule has 0 bridgehead atoms. The molecule has 1 fully saturated rings. The molecule has 5 nitrogen and oxygen atoms in total. The fourth-order valence-electron chi connectivity index (χ4n) is 2.19. The van der Waals surface area contributed by atoms with Gasteiger partial charge in [0.1, 0.15) is 5.82 Å². The molecule has 1 atom stereocenters. The first kappa shape index (κ1) is 15.9. The smallest absolute Gasteiger partial charge is 0.229 e. The van der Waals surface area contributed by atoms with E-state index in [1.807, 2.05) is 0 Å². The van der Waals surface area contributed by atoms with Crippen LogP contribution >= 0.6 is 15.9 Å². The summed E-state index contributed by atoms with van der Waals surface area (Å²) >= 11 is 3.15. The minimum atomic E-state index is -0.515. The van der Waals surface area contributed by atoms with Gasteiger partial charge in [-0.15, -0.1) is 0 Å². The molecule has 2 amide bonds. The van der Waals surface area contributed by atoms with Gasteiger partial charge in [-0.2, -0.15) is 0 Å². The molecule has 0 saturated carbocycles. The van der Waals surface area contributed by atoms with Crippen molar-refractivity contribution < 1.29 is 18.7 Å². The Morgan fingerprint density at radius 2 is 2.33 bits per heavy atom. The van der Waals surface area contributed by atoms with Crippen molar-refractivity contribution in [2.75, 3.05) is 32.1 Å². The molecule has 0 spiro atoms. The molecule has 21 heavy (non-hydrogen) atoms. The standard InChI is InChI=1S/C14H16BrFN2O3/c1-21-5-4-18-8-9(6-13(18)19)14(20)17-12-3-2-10(15)7-11(12)16/h2-3,7,9H,4-6,8H2,1H3,(H,17,20). The topological polar surface area (TPSA) is 58.6 Å². The van der Waals surface area contributed by atoms with E-state index in [0.717, 1.165) is 0 Å². The molecule has 1 N–H and O–H groups in total. The molecule has 1 aromatic rings. The van der Waals surface area contributed by atoms with E-state index in [9.17, 15) is 14.0 Å². The highest BCUT2D eigenvalue weighted by Crippen LogP contribution is 2.23. The van der Waals surface area contributed by atoms with Crippen LogP contribution in [0.2, 0.25) is 0 Å². The monoisotopic (exact) mass is 358 g/mol. The van der Waals surface area contributed by atoms with Gasteiger partial charge < -0.3 is 15.0 Å². The van der Waals surface area contributed by atoms with Crippen LogP contribution in [0.25, 0.3) is 0 Å². The first-order chi connectivity index (χ1) is 10.0. The van der Waals surface area contributed by atoms with Gasteiger partial charge in [-0.1, -0.05) is 15.9 Å². The Hall–Kier alpha value is -1.47. The first-order valence-corrected chi connectivity index (χ1v) is 7.33. The number of ether oxygens (including phenoxy) is 1. The summed E-state index contributed by atoms with van der Waals surface area (Å²) in [6.45, 7) is 1.24. The van der Waals surface area contributed by atoms with Gasteiger partial charge in [0.15, 0.2) is 0 Å². The summed E-state index contributed by atoms with van der Waals surface area (Å²) in [5, 5.41) is 2.53. The highest BCUT2D eigenvalue weighted by Gasteiger charge is 2.34. The SMILES string of the molecule is COCCN1CC(C(=O)Nc2ccc(Br)cc2F)CC1=O. The Labute approximate surface area is 130 Å². The second-order valence-electron chi connectivity index (χ2n) is 4.85. The minimum Gasteiger partial charge on any atom is -0.383 e. The van der Waals surface area contributed by atoms with Gasteiger partial charge >= 0.3 is 0 Å². The highest BCUT2D eigenvalue weighted by molar-refractivity contribution is 9.10. The van der Waals surface area contributed by atoms with E-state index in [-0.39, 0.29) is 23.9 Å². The molecule has 7 heteroatoms. The third-order valence-corrected chi connectivity index (χ3v) is 3.83. The van der Waals surface area contributed by atoms with Gasteiger partial charge in [0.25, 0.3) is 0 Å². The average molecular weight is 359 g/mol. The molecule has 1 heterocycles. The van der Waals surface area contributed by atoms with Crippen LogP contribution in [0.3, 0.4) is 0 Å². The number of amides is 2. The van der Waals surface area contributed by atoms with Crippen molar-refractivity contribution in [1.29, 1.82) is 0 Å². The number of benzene rings is 1. The number of methoxy groups -OCH3 is 1. The molecular formula is C14H16BrFN2O3. The predicted molar refractivity (Wildman–Crippen MR) is 79.3 cm³/mol. The average Bonchev–Trinajstić information content (AvgIpc) is 2.81. The van der Waals surface area contributed by atoms with E-state index < -0.39 is 11.7 Å². The van der Waals surface area contributed by atoms with Crippen molar-refractivity contribution in [3.05, 3.63) is 28.5 Å². The van der Waals surface area contributed by atoms with E-state index >= 15 is 0 Å². The summed E-state index contributed by atoms with van der Waals surface area (Å²) in [7, 11) is 1.56. The van der Waals surface area contributed by atoms with Gasteiger partial charge in [0.05, 0.1) is 18.2 Å². The van der Waals surface area contributed by atoms with Crippen LogP contribution in [0, 0.1) is 11.7 Å². The molecule has 114 valence electrons. The van der Waals surface area contributed by atoms with Crippen molar-refractivity contribution in [1.82, 2.24) is 4.90 Å². The first-order valence-electron chi connectivity index (χ1n) is 6.54. The maximum Gasteiger partial charge on any atom is 0.229 e. The summed E-state index contributed by atoms with van der Waals surface area (Å²) in [4.78, 5) is 25.5. The van der Waals surface area contributed by atoms with Crippen LogP contribution in [-0.4, -0.2) is 43.5 Å². The van der Waals surface area contributed by atoms with Crippen molar-refractivity contribution in [2.24, 2.45) is 5.92 Å². The number of nitrogens with one attached hydrogen (secondary N) is 1. The Balaban J connectivity index is 1.96. The number of carbonyl (C=O) groups excluding carboxylic acids is 2. The zero-order valence-electron chi connectivity index (χ0n) is 11.6. The maximum atomic E-state index is 13.7. The van der Waals surface area contributed by atoms with Gasteiger partial charge in [0.2, 0.25) is 11.8 Å². The molecule has 1 unspecified atom stereocenters. The zero-order chi connectivity index (χ0) is 15.4. The molecule has 1 aliphatic rings. The summed E-state index contributed by atoms with van der Waals surface area (Å²) < 4.78 is 19.2. The molecule has 0 aliphatic carbocycles. The van der Waals surface area contributed by atoms with Crippen LogP contribution in [0.5, 0.6) is 0 Å². The molecule has 1 aromatic carbocycles. The van der Waals surface area contributed by atoms with Gasteiger partial charge in [-0.05, 0) is 18.2 Å². The van der Waals surface area contributed by atoms with Crippen LogP contribution in [-0.2, 0) is 14.3 Å².